The zero-order valence-corrected chi connectivity index (χ0v) is 12.9. The highest BCUT2D eigenvalue weighted by molar-refractivity contribution is 7.85. The number of aromatic nitrogens is 5. The van der Waals surface area contributed by atoms with E-state index in [0.29, 0.717) is 5.56 Å². The van der Waals surface area contributed by atoms with Crippen LogP contribution in [-0.4, -0.2) is 37.7 Å². The first kappa shape index (κ1) is 17.0. The molecule has 12 heteroatoms. The van der Waals surface area contributed by atoms with E-state index in [1.807, 2.05) is 0 Å². The van der Waals surface area contributed by atoms with Gasteiger partial charge in [0.25, 0.3) is 15.9 Å². The average Bonchev–Trinajstić information content (AvgIpc) is 3.00. The summed E-state index contributed by atoms with van der Waals surface area (Å²) in [4.78, 5) is 10.5. The molecule has 3 heterocycles. The number of hydrogen-bond acceptors (Lipinski definition) is 6. The molecular formula is C13H8F3N5O3S. The van der Waals surface area contributed by atoms with Crippen molar-refractivity contribution in [2.45, 2.75) is 11.1 Å². The largest absolute Gasteiger partial charge is 0.453 e. The lowest BCUT2D eigenvalue weighted by atomic mass is 10.2. The zero-order valence-electron chi connectivity index (χ0n) is 12.1. The first-order chi connectivity index (χ1) is 11.7. The van der Waals surface area contributed by atoms with Gasteiger partial charge in [-0.1, -0.05) is 0 Å². The molecule has 0 aliphatic rings. The molecule has 25 heavy (non-hydrogen) atoms. The summed E-state index contributed by atoms with van der Waals surface area (Å²) in [5.41, 5.74) is 0.304. The van der Waals surface area contributed by atoms with E-state index in [1.54, 1.807) is 0 Å². The average molecular weight is 371 g/mol. The van der Waals surface area contributed by atoms with Crippen LogP contribution in [0.25, 0.3) is 17.2 Å². The van der Waals surface area contributed by atoms with Crippen LogP contribution in [-0.2, 0) is 16.3 Å². The molecule has 0 aliphatic carbocycles. The molecular weight excluding hydrogens is 363 g/mol. The molecule has 0 saturated heterocycles. The first-order valence-corrected chi connectivity index (χ1v) is 7.99. The Labute approximate surface area is 138 Å². The zero-order chi connectivity index (χ0) is 18.2. The molecule has 0 amide bonds. The number of pyridine rings is 2. The van der Waals surface area contributed by atoms with Crippen LogP contribution in [0.4, 0.5) is 13.2 Å². The maximum Gasteiger partial charge on any atom is 0.453 e. The second-order valence-electron chi connectivity index (χ2n) is 4.73. The third-order valence-corrected chi connectivity index (χ3v) is 3.87. The van der Waals surface area contributed by atoms with Crippen molar-refractivity contribution in [1.29, 1.82) is 0 Å². The number of hydrogen-bond donors (Lipinski definition) is 1. The Morgan fingerprint density at radius 1 is 1.08 bits per heavy atom. The van der Waals surface area contributed by atoms with Gasteiger partial charge in [-0.15, -0.1) is 5.10 Å². The summed E-state index contributed by atoms with van der Waals surface area (Å²) >= 11 is 0. The van der Waals surface area contributed by atoms with E-state index in [2.05, 4.69) is 20.1 Å². The fourth-order valence-corrected chi connectivity index (χ4v) is 2.36. The Morgan fingerprint density at radius 2 is 1.76 bits per heavy atom. The normalized spacial score (nSPS) is 12.3. The third-order valence-electron chi connectivity index (χ3n) is 3.03. The summed E-state index contributed by atoms with van der Waals surface area (Å²) < 4.78 is 70.7. The lowest BCUT2D eigenvalue weighted by molar-refractivity contribution is -0.144. The van der Waals surface area contributed by atoms with Crippen LogP contribution >= 0.6 is 0 Å². The minimum Gasteiger partial charge on any atom is -0.282 e. The second kappa shape index (κ2) is 5.89. The number of halogens is 3. The molecule has 0 atom stereocenters. The Hall–Kier alpha value is -2.86. The van der Waals surface area contributed by atoms with Gasteiger partial charge in [0.2, 0.25) is 0 Å². The van der Waals surface area contributed by atoms with E-state index in [1.165, 1.54) is 24.5 Å². The van der Waals surface area contributed by atoms with E-state index in [0.717, 1.165) is 23.0 Å². The van der Waals surface area contributed by atoms with Gasteiger partial charge in [-0.25, -0.2) is 9.97 Å². The van der Waals surface area contributed by atoms with Crippen LogP contribution in [0.5, 0.6) is 0 Å². The molecule has 0 radical (unpaired) electrons. The van der Waals surface area contributed by atoms with Crippen molar-refractivity contribution in [2.75, 3.05) is 0 Å². The Balaban J connectivity index is 2.16. The summed E-state index contributed by atoms with van der Waals surface area (Å²) in [6, 6.07) is 4.96. The number of alkyl halides is 3. The molecule has 0 fully saturated rings. The standard InChI is InChI=1S/C13H8F3N5O3S/c14-13(15,16)12-19-11(8-3-5-17-6-4-8)21(20-12)10-2-1-9(7-18-10)25(22,23)24/h1-7H,(H,22,23,24). The van der Waals surface area contributed by atoms with Crippen molar-refractivity contribution in [2.24, 2.45) is 0 Å². The van der Waals surface area contributed by atoms with Gasteiger partial charge in [0, 0.05) is 18.0 Å². The smallest absolute Gasteiger partial charge is 0.282 e. The van der Waals surface area contributed by atoms with Crippen LogP contribution in [0, 0.1) is 0 Å². The van der Waals surface area contributed by atoms with Crippen molar-refractivity contribution in [3.05, 3.63) is 48.7 Å². The van der Waals surface area contributed by atoms with Gasteiger partial charge >= 0.3 is 6.18 Å². The van der Waals surface area contributed by atoms with E-state index < -0.39 is 27.0 Å². The quantitative estimate of drug-likeness (QED) is 0.701. The van der Waals surface area contributed by atoms with Crippen molar-refractivity contribution in [3.8, 4) is 17.2 Å². The molecule has 8 nitrogen and oxygen atoms in total. The lowest BCUT2D eigenvalue weighted by Crippen LogP contribution is -2.09. The molecule has 0 bridgehead atoms. The fourth-order valence-electron chi connectivity index (χ4n) is 1.93. The highest BCUT2D eigenvalue weighted by Gasteiger charge is 2.37. The van der Waals surface area contributed by atoms with Crippen molar-refractivity contribution >= 4 is 10.1 Å². The summed E-state index contributed by atoms with van der Waals surface area (Å²) in [5.74, 6) is -1.64. The van der Waals surface area contributed by atoms with E-state index in [4.69, 9.17) is 4.55 Å². The molecule has 0 aromatic carbocycles. The summed E-state index contributed by atoms with van der Waals surface area (Å²) in [6.07, 6.45) is -1.23. The van der Waals surface area contributed by atoms with E-state index in [9.17, 15) is 21.6 Å². The highest BCUT2D eigenvalue weighted by Crippen LogP contribution is 2.29. The van der Waals surface area contributed by atoms with E-state index >= 15 is 0 Å². The van der Waals surface area contributed by atoms with Crippen LogP contribution in [0.15, 0.2) is 47.8 Å². The monoisotopic (exact) mass is 371 g/mol. The lowest BCUT2D eigenvalue weighted by Gasteiger charge is -2.05. The predicted octanol–water partition coefficient (Wildman–Crippen LogP) is 1.99. The van der Waals surface area contributed by atoms with Crippen LogP contribution in [0.2, 0.25) is 0 Å². The van der Waals surface area contributed by atoms with Gasteiger partial charge in [0.05, 0.1) is 6.20 Å². The summed E-state index contributed by atoms with van der Waals surface area (Å²) in [6.45, 7) is 0. The minimum atomic E-state index is -4.78. The molecule has 0 spiro atoms. The molecule has 1 N–H and O–H groups in total. The summed E-state index contributed by atoms with van der Waals surface area (Å²) in [5, 5.41) is 3.41. The van der Waals surface area contributed by atoms with Crippen molar-refractivity contribution < 1.29 is 26.1 Å². The van der Waals surface area contributed by atoms with Gasteiger partial charge in [-0.05, 0) is 24.3 Å². The molecule has 0 aliphatic heterocycles. The number of rotatable bonds is 3. The Bertz CT molecular complexity index is 1000. The molecule has 3 rings (SSSR count). The van der Waals surface area contributed by atoms with Crippen molar-refractivity contribution in [1.82, 2.24) is 24.7 Å². The first-order valence-electron chi connectivity index (χ1n) is 6.55. The van der Waals surface area contributed by atoms with Crippen LogP contribution < -0.4 is 0 Å². The Morgan fingerprint density at radius 3 is 2.28 bits per heavy atom. The van der Waals surface area contributed by atoms with Gasteiger partial charge in [-0.3, -0.25) is 9.54 Å². The van der Waals surface area contributed by atoms with Crippen molar-refractivity contribution in [3.63, 3.8) is 0 Å². The van der Waals surface area contributed by atoms with Gasteiger partial charge in [-0.2, -0.15) is 26.3 Å². The SMILES string of the molecule is O=S(=O)(O)c1ccc(-n2nc(C(F)(F)F)nc2-c2ccncc2)nc1. The van der Waals surface area contributed by atoms with Crippen LogP contribution in [0.3, 0.4) is 0 Å². The maximum absolute atomic E-state index is 12.9. The molecule has 3 aromatic rings. The second-order valence-corrected chi connectivity index (χ2v) is 6.15. The predicted molar refractivity (Wildman–Crippen MR) is 77.2 cm³/mol. The van der Waals surface area contributed by atoms with Gasteiger partial charge in [0.15, 0.2) is 11.6 Å². The molecule has 0 saturated carbocycles. The highest BCUT2D eigenvalue weighted by atomic mass is 32.2. The fraction of sp³-hybridized carbons (Fsp3) is 0.0769. The molecule has 0 unspecified atom stereocenters. The molecule has 3 aromatic heterocycles. The number of nitrogens with zero attached hydrogens (tertiary/aromatic N) is 5. The van der Waals surface area contributed by atoms with Crippen LogP contribution in [0.1, 0.15) is 5.82 Å². The third kappa shape index (κ3) is 3.49. The Kier molecular flexibility index (Phi) is 4.00. The van der Waals surface area contributed by atoms with E-state index in [-0.39, 0.29) is 11.6 Å². The summed E-state index contributed by atoms with van der Waals surface area (Å²) in [7, 11) is -4.48. The minimum absolute atomic E-state index is 0.109. The maximum atomic E-state index is 12.9. The topological polar surface area (TPSA) is 111 Å². The van der Waals surface area contributed by atoms with Gasteiger partial charge < -0.3 is 0 Å². The van der Waals surface area contributed by atoms with Gasteiger partial charge in [0.1, 0.15) is 4.90 Å². The molecule has 130 valence electrons.